The standard InChI is InChI=1S/C14H20N2O2/c1-10-9-16(11-7-6-8-15-12(10)11)14(2,3)13(17-4)18-5/h6-9,13H,1-5H3. The van der Waals surface area contributed by atoms with Crippen LogP contribution in [0.3, 0.4) is 0 Å². The molecule has 0 aliphatic rings. The van der Waals surface area contributed by atoms with E-state index >= 15 is 0 Å². The number of nitrogens with zero attached hydrogens (tertiary/aromatic N) is 2. The zero-order chi connectivity index (χ0) is 13.3. The number of aromatic nitrogens is 2. The van der Waals surface area contributed by atoms with Gasteiger partial charge in [-0.05, 0) is 38.5 Å². The molecule has 0 saturated carbocycles. The highest BCUT2D eigenvalue weighted by molar-refractivity contribution is 5.79. The number of pyridine rings is 1. The van der Waals surface area contributed by atoms with Crippen LogP contribution in [0.25, 0.3) is 11.0 Å². The third kappa shape index (κ3) is 1.91. The van der Waals surface area contributed by atoms with Gasteiger partial charge in [-0.25, -0.2) is 0 Å². The van der Waals surface area contributed by atoms with Crippen molar-refractivity contribution in [3.8, 4) is 0 Å². The van der Waals surface area contributed by atoms with Crippen LogP contribution in [0, 0.1) is 6.92 Å². The number of rotatable bonds is 4. The lowest BCUT2D eigenvalue weighted by Gasteiger charge is -2.34. The first-order valence-electron chi connectivity index (χ1n) is 6.01. The fourth-order valence-electron chi connectivity index (χ4n) is 2.48. The van der Waals surface area contributed by atoms with Crippen molar-refractivity contribution in [2.24, 2.45) is 0 Å². The molecule has 0 saturated heterocycles. The molecule has 0 unspecified atom stereocenters. The lowest BCUT2D eigenvalue weighted by molar-refractivity contribution is -0.159. The highest BCUT2D eigenvalue weighted by atomic mass is 16.7. The Morgan fingerprint density at radius 3 is 2.56 bits per heavy atom. The highest BCUT2D eigenvalue weighted by Gasteiger charge is 2.33. The maximum absolute atomic E-state index is 5.41. The van der Waals surface area contributed by atoms with E-state index in [0.29, 0.717) is 0 Å². The van der Waals surface area contributed by atoms with E-state index < -0.39 is 0 Å². The van der Waals surface area contributed by atoms with E-state index in [-0.39, 0.29) is 11.8 Å². The normalized spacial score (nSPS) is 12.6. The molecule has 0 spiro atoms. The number of fused-ring (bicyclic) bond motifs is 1. The van der Waals surface area contributed by atoms with E-state index in [1.54, 1.807) is 14.2 Å². The second-order valence-electron chi connectivity index (χ2n) is 5.01. The summed E-state index contributed by atoms with van der Waals surface area (Å²) in [7, 11) is 3.32. The molecule has 0 N–H and O–H groups in total. The van der Waals surface area contributed by atoms with Crippen molar-refractivity contribution in [1.29, 1.82) is 0 Å². The van der Waals surface area contributed by atoms with Crippen molar-refractivity contribution < 1.29 is 9.47 Å². The monoisotopic (exact) mass is 248 g/mol. The molecule has 2 aromatic heterocycles. The van der Waals surface area contributed by atoms with Gasteiger partial charge in [-0.2, -0.15) is 0 Å². The van der Waals surface area contributed by atoms with Gasteiger partial charge < -0.3 is 14.0 Å². The lowest BCUT2D eigenvalue weighted by atomic mass is 10.0. The predicted molar refractivity (Wildman–Crippen MR) is 71.6 cm³/mol. The summed E-state index contributed by atoms with van der Waals surface area (Å²) in [6, 6.07) is 4.02. The minimum atomic E-state index is -0.312. The molecule has 2 aromatic rings. The Kier molecular flexibility index (Phi) is 3.41. The van der Waals surface area contributed by atoms with E-state index in [1.165, 1.54) is 0 Å². The molecule has 98 valence electrons. The fraction of sp³-hybridized carbons (Fsp3) is 0.500. The van der Waals surface area contributed by atoms with Crippen LogP contribution in [0.1, 0.15) is 19.4 Å². The first kappa shape index (κ1) is 13.1. The average molecular weight is 248 g/mol. The van der Waals surface area contributed by atoms with Crippen LogP contribution >= 0.6 is 0 Å². The smallest absolute Gasteiger partial charge is 0.179 e. The van der Waals surface area contributed by atoms with Crippen LogP contribution in [-0.4, -0.2) is 30.1 Å². The molecule has 0 aliphatic carbocycles. The quantitative estimate of drug-likeness (QED) is 0.780. The van der Waals surface area contributed by atoms with Crippen molar-refractivity contribution >= 4 is 11.0 Å². The molecule has 0 atom stereocenters. The van der Waals surface area contributed by atoms with E-state index in [2.05, 4.69) is 42.6 Å². The fourth-order valence-corrected chi connectivity index (χ4v) is 2.48. The molecule has 0 bridgehead atoms. The van der Waals surface area contributed by atoms with Gasteiger partial charge in [0, 0.05) is 26.6 Å². The Labute approximate surface area is 108 Å². The number of hydrogen-bond donors (Lipinski definition) is 0. The van der Waals surface area contributed by atoms with Gasteiger partial charge in [-0.15, -0.1) is 0 Å². The largest absolute Gasteiger partial charge is 0.354 e. The molecule has 0 aliphatic heterocycles. The summed E-state index contributed by atoms with van der Waals surface area (Å²) in [4.78, 5) is 4.42. The van der Waals surface area contributed by atoms with Gasteiger partial charge in [0.1, 0.15) is 0 Å². The Morgan fingerprint density at radius 2 is 1.94 bits per heavy atom. The number of ether oxygens (including phenoxy) is 2. The van der Waals surface area contributed by atoms with Gasteiger partial charge in [-0.3, -0.25) is 4.98 Å². The van der Waals surface area contributed by atoms with Crippen LogP contribution in [0.15, 0.2) is 24.5 Å². The molecule has 0 fully saturated rings. The van der Waals surface area contributed by atoms with Crippen LogP contribution < -0.4 is 0 Å². The van der Waals surface area contributed by atoms with Crippen LogP contribution in [0.5, 0.6) is 0 Å². The summed E-state index contributed by atoms with van der Waals surface area (Å²) >= 11 is 0. The highest BCUT2D eigenvalue weighted by Crippen LogP contribution is 2.29. The molecule has 18 heavy (non-hydrogen) atoms. The topological polar surface area (TPSA) is 36.3 Å². The summed E-state index contributed by atoms with van der Waals surface area (Å²) in [6.45, 7) is 6.25. The van der Waals surface area contributed by atoms with Gasteiger partial charge in [0.25, 0.3) is 0 Å². The van der Waals surface area contributed by atoms with Crippen LogP contribution in [0.2, 0.25) is 0 Å². The van der Waals surface area contributed by atoms with Gasteiger partial charge in [0.2, 0.25) is 0 Å². The second kappa shape index (κ2) is 4.71. The molecule has 0 aromatic carbocycles. The Balaban J connectivity index is 2.60. The van der Waals surface area contributed by atoms with Crippen molar-refractivity contribution in [3.63, 3.8) is 0 Å². The van der Waals surface area contributed by atoms with Crippen molar-refractivity contribution in [3.05, 3.63) is 30.1 Å². The maximum atomic E-state index is 5.41. The summed E-state index contributed by atoms with van der Waals surface area (Å²) in [5.41, 5.74) is 2.97. The molecule has 4 heteroatoms. The minimum Gasteiger partial charge on any atom is -0.354 e. The molecular weight excluding hydrogens is 228 g/mol. The van der Waals surface area contributed by atoms with Crippen molar-refractivity contribution in [2.45, 2.75) is 32.6 Å². The third-order valence-corrected chi connectivity index (χ3v) is 3.37. The third-order valence-electron chi connectivity index (χ3n) is 3.37. The van der Waals surface area contributed by atoms with Crippen molar-refractivity contribution in [2.75, 3.05) is 14.2 Å². The van der Waals surface area contributed by atoms with Gasteiger partial charge in [0.05, 0.1) is 16.6 Å². The lowest BCUT2D eigenvalue weighted by Crippen LogP contribution is -2.41. The van der Waals surface area contributed by atoms with Crippen LogP contribution in [0.4, 0.5) is 0 Å². The van der Waals surface area contributed by atoms with E-state index in [1.807, 2.05) is 12.3 Å². The zero-order valence-electron chi connectivity index (χ0n) is 11.6. The Bertz CT molecular complexity index is 542. The van der Waals surface area contributed by atoms with E-state index in [9.17, 15) is 0 Å². The first-order valence-corrected chi connectivity index (χ1v) is 6.01. The molecule has 2 heterocycles. The maximum Gasteiger partial charge on any atom is 0.179 e. The van der Waals surface area contributed by atoms with Gasteiger partial charge >= 0.3 is 0 Å². The second-order valence-corrected chi connectivity index (χ2v) is 5.01. The van der Waals surface area contributed by atoms with Gasteiger partial charge in [0.15, 0.2) is 6.29 Å². The number of methoxy groups -OCH3 is 2. The summed E-state index contributed by atoms with van der Waals surface area (Å²) in [5.74, 6) is 0. The van der Waals surface area contributed by atoms with Crippen LogP contribution in [-0.2, 0) is 15.0 Å². The zero-order valence-corrected chi connectivity index (χ0v) is 11.6. The summed E-state index contributed by atoms with van der Waals surface area (Å²) in [5, 5.41) is 0. The SMILES string of the molecule is COC(OC)C(C)(C)n1cc(C)c2ncccc21. The predicted octanol–water partition coefficient (Wildman–Crippen LogP) is 2.70. The minimum absolute atomic E-state index is 0.307. The summed E-state index contributed by atoms with van der Waals surface area (Å²) < 4.78 is 13.0. The first-order chi connectivity index (χ1) is 8.52. The molecule has 2 rings (SSSR count). The molecule has 4 nitrogen and oxygen atoms in total. The Morgan fingerprint density at radius 1 is 1.28 bits per heavy atom. The van der Waals surface area contributed by atoms with E-state index in [0.717, 1.165) is 16.6 Å². The van der Waals surface area contributed by atoms with Crippen molar-refractivity contribution in [1.82, 2.24) is 9.55 Å². The van der Waals surface area contributed by atoms with Gasteiger partial charge in [-0.1, -0.05) is 0 Å². The number of aryl methyl sites for hydroxylation is 1. The molecular formula is C14H20N2O2. The molecule has 0 amide bonds. The molecule has 0 radical (unpaired) electrons. The van der Waals surface area contributed by atoms with E-state index in [4.69, 9.17) is 9.47 Å². The summed E-state index contributed by atoms with van der Waals surface area (Å²) in [6.07, 6.45) is 3.60. The Hall–Kier alpha value is -1.39. The number of hydrogen-bond acceptors (Lipinski definition) is 3. The average Bonchev–Trinajstić information content (AvgIpc) is 2.69.